The van der Waals surface area contributed by atoms with Gasteiger partial charge < -0.3 is 4.90 Å². The van der Waals surface area contributed by atoms with E-state index in [0.717, 1.165) is 24.6 Å². The molecule has 2 heterocycles. The molecular formula is C9H13N3. The number of aromatic nitrogens is 2. The molecular weight excluding hydrogens is 150 g/mol. The van der Waals surface area contributed by atoms with E-state index in [4.69, 9.17) is 0 Å². The highest BCUT2D eigenvalue weighted by molar-refractivity contribution is 5.37. The highest BCUT2D eigenvalue weighted by Crippen LogP contribution is 2.15. The number of rotatable bonds is 1. The maximum atomic E-state index is 4.14. The van der Waals surface area contributed by atoms with Crippen molar-refractivity contribution >= 4 is 5.82 Å². The van der Waals surface area contributed by atoms with Crippen LogP contribution in [0.2, 0.25) is 0 Å². The zero-order valence-corrected chi connectivity index (χ0v) is 7.32. The summed E-state index contributed by atoms with van der Waals surface area (Å²) in [6, 6.07) is 4.06. The largest absolute Gasteiger partial charge is 0.355 e. The van der Waals surface area contributed by atoms with Crippen LogP contribution in [0.25, 0.3) is 0 Å². The molecule has 1 aliphatic rings. The second-order valence-electron chi connectivity index (χ2n) is 3.23. The summed E-state index contributed by atoms with van der Waals surface area (Å²) >= 11 is 0. The molecule has 0 spiro atoms. The summed E-state index contributed by atoms with van der Waals surface area (Å²) in [6.45, 7) is 4.23. The predicted molar refractivity (Wildman–Crippen MR) is 48.2 cm³/mol. The average molecular weight is 163 g/mol. The minimum Gasteiger partial charge on any atom is -0.355 e. The first-order valence-corrected chi connectivity index (χ1v) is 4.41. The van der Waals surface area contributed by atoms with E-state index in [-0.39, 0.29) is 0 Å². The molecule has 0 bridgehead atoms. The molecule has 0 N–H and O–H groups in total. The van der Waals surface area contributed by atoms with Crippen molar-refractivity contribution in [3.8, 4) is 0 Å². The number of hydrogen-bond acceptors (Lipinski definition) is 3. The first kappa shape index (κ1) is 7.53. The van der Waals surface area contributed by atoms with Crippen LogP contribution < -0.4 is 4.90 Å². The molecule has 3 nitrogen and oxygen atoms in total. The Morgan fingerprint density at radius 2 is 1.92 bits per heavy atom. The highest BCUT2D eigenvalue weighted by Gasteiger charge is 2.12. The maximum absolute atomic E-state index is 4.14. The van der Waals surface area contributed by atoms with Gasteiger partial charge in [-0.3, -0.25) is 0 Å². The number of hydrogen-bond donors (Lipinski definition) is 0. The van der Waals surface area contributed by atoms with Gasteiger partial charge in [-0.05, 0) is 31.9 Å². The Morgan fingerprint density at radius 3 is 2.50 bits per heavy atom. The third-order valence-corrected chi connectivity index (χ3v) is 2.21. The van der Waals surface area contributed by atoms with Gasteiger partial charge in [-0.15, -0.1) is 5.10 Å². The van der Waals surface area contributed by atoms with E-state index in [1.165, 1.54) is 12.8 Å². The normalized spacial score (nSPS) is 16.9. The molecule has 1 aliphatic heterocycles. The Morgan fingerprint density at radius 1 is 1.17 bits per heavy atom. The van der Waals surface area contributed by atoms with Crippen molar-refractivity contribution in [1.82, 2.24) is 10.2 Å². The summed E-state index contributed by atoms with van der Waals surface area (Å²) in [6.07, 6.45) is 2.57. The predicted octanol–water partition coefficient (Wildman–Crippen LogP) is 1.39. The molecule has 12 heavy (non-hydrogen) atoms. The van der Waals surface area contributed by atoms with Crippen LogP contribution in [-0.2, 0) is 0 Å². The first-order valence-electron chi connectivity index (χ1n) is 4.41. The van der Waals surface area contributed by atoms with Crippen LogP contribution in [-0.4, -0.2) is 23.3 Å². The molecule has 0 radical (unpaired) electrons. The van der Waals surface area contributed by atoms with Crippen molar-refractivity contribution in [2.45, 2.75) is 19.8 Å². The standard InChI is InChI=1S/C9H13N3/c1-8-4-5-9(11-10-8)12-6-2-3-7-12/h4-5H,2-3,6-7H2,1H3. The van der Waals surface area contributed by atoms with Gasteiger partial charge in [0.25, 0.3) is 0 Å². The molecule has 3 heteroatoms. The lowest BCUT2D eigenvalue weighted by molar-refractivity contribution is 0.880. The van der Waals surface area contributed by atoms with Gasteiger partial charge in [-0.1, -0.05) is 0 Å². The lowest BCUT2D eigenvalue weighted by atomic mass is 10.4. The number of aryl methyl sites for hydroxylation is 1. The van der Waals surface area contributed by atoms with E-state index in [1.54, 1.807) is 0 Å². The monoisotopic (exact) mass is 163 g/mol. The summed E-state index contributed by atoms with van der Waals surface area (Å²) in [7, 11) is 0. The fraction of sp³-hybridized carbons (Fsp3) is 0.556. The number of nitrogens with zero attached hydrogens (tertiary/aromatic N) is 3. The Balaban J connectivity index is 2.17. The van der Waals surface area contributed by atoms with Crippen LogP contribution in [0.4, 0.5) is 5.82 Å². The van der Waals surface area contributed by atoms with Crippen molar-refractivity contribution in [2.75, 3.05) is 18.0 Å². The molecule has 0 saturated carbocycles. The third kappa shape index (κ3) is 1.40. The van der Waals surface area contributed by atoms with Gasteiger partial charge in [-0.25, -0.2) is 0 Å². The molecule has 2 rings (SSSR count). The van der Waals surface area contributed by atoms with Crippen LogP contribution in [0.3, 0.4) is 0 Å². The highest BCUT2D eigenvalue weighted by atomic mass is 15.3. The topological polar surface area (TPSA) is 29.0 Å². The van der Waals surface area contributed by atoms with Crippen LogP contribution in [0.15, 0.2) is 12.1 Å². The molecule has 0 aliphatic carbocycles. The van der Waals surface area contributed by atoms with Gasteiger partial charge in [0.2, 0.25) is 0 Å². The molecule has 1 saturated heterocycles. The van der Waals surface area contributed by atoms with Gasteiger partial charge in [0, 0.05) is 13.1 Å². The van der Waals surface area contributed by atoms with Gasteiger partial charge in [0.05, 0.1) is 5.69 Å². The van der Waals surface area contributed by atoms with E-state index >= 15 is 0 Å². The van der Waals surface area contributed by atoms with E-state index < -0.39 is 0 Å². The molecule has 0 amide bonds. The van der Waals surface area contributed by atoms with Crippen LogP contribution >= 0.6 is 0 Å². The van der Waals surface area contributed by atoms with Gasteiger partial charge in [0.15, 0.2) is 5.82 Å². The summed E-state index contributed by atoms with van der Waals surface area (Å²) in [5.41, 5.74) is 0.984. The molecule has 0 atom stereocenters. The van der Waals surface area contributed by atoms with E-state index in [0.29, 0.717) is 0 Å². The lowest BCUT2D eigenvalue weighted by Crippen LogP contribution is -2.19. The van der Waals surface area contributed by atoms with Gasteiger partial charge in [0.1, 0.15) is 0 Å². The lowest BCUT2D eigenvalue weighted by Gasteiger charge is -2.14. The summed E-state index contributed by atoms with van der Waals surface area (Å²) < 4.78 is 0. The Bertz CT molecular complexity index is 249. The molecule has 0 unspecified atom stereocenters. The maximum Gasteiger partial charge on any atom is 0.151 e. The SMILES string of the molecule is Cc1ccc(N2CCCC2)nn1. The zero-order chi connectivity index (χ0) is 8.39. The van der Waals surface area contributed by atoms with Crippen LogP contribution in [0, 0.1) is 6.92 Å². The molecule has 1 aromatic heterocycles. The van der Waals surface area contributed by atoms with Gasteiger partial charge in [-0.2, -0.15) is 5.10 Å². The van der Waals surface area contributed by atoms with E-state index in [9.17, 15) is 0 Å². The molecule has 1 aromatic rings. The molecule has 0 aromatic carbocycles. The van der Waals surface area contributed by atoms with Crippen molar-refractivity contribution < 1.29 is 0 Å². The van der Waals surface area contributed by atoms with Crippen molar-refractivity contribution in [2.24, 2.45) is 0 Å². The fourth-order valence-electron chi connectivity index (χ4n) is 1.51. The summed E-state index contributed by atoms with van der Waals surface area (Å²) in [5.74, 6) is 1.03. The van der Waals surface area contributed by atoms with Crippen LogP contribution in [0.5, 0.6) is 0 Å². The van der Waals surface area contributed by atoms with E-state index in [1.807, 2.05) is 19.1 Å². The van der Waals surface area contributed by atoms with Gasteiger partial charge >= 0.3 is 0 Å². The van der Waals surface area contributed by atoms with Crippen molar-refractivity contribution in [3.05, 3.63) is 17.8 Å². The Kier molecular flexibility index (Phi) is 1.94. The molecule has 64 valence electrons. The Labute approximate surface area is 72.4 Å². The molecule has 1 fully saturated rings. The van der Waals surface area contributed by atoms with E-state index in [2.05, 4.69) is 15.1 Å². The minimum absolute atomic E-state index is 0.984. The quantitative estimate of drug-likeness (QED) is 0.626. The van der Waals surface area contributed by atoms with Crippen molar-refractivity contribution in [1.29, 1.82) is 0 Å². The Hall–Kier alpha value is -1.12. The smallest absolute Gasteiger partial charge is 0.151 e. The third-order valence-electron chi connectivity index (χ3n) is 2.21. The second kappa shape index (κ2) is 3.09. The first-order chi connectivity index (χ1) is 5.86. The fourth-order valence-corrected chi connectivity index (χ4v) is 1.51. The minimum atomic E-state index is 0.984. The average Bonchev–Trinajstić information content (AvgIpc) is 2.58. The summed E-state index contributed by atoms with van der Waals surface area (Å²) in [5, 5.41) is 8.17. The second-order valence-corrected chi connectivity index (χ2v) is 3.23. The van der Waals surface area contributed by atoms with Crippen LogP contribution in [0.1, 0.15) is 18.5 Å². The van der Waals surface area contributed by atoms with Crippen molar-refractivity contribution in [3.63, 3.8) is 0 Å². The summed E-state index contributed by atoms with van der Waals surface area (Å²) in [4.78, 5) is 2.28. The zero-order valence-electron chi connectivity index (χ0n) is 7.32. The number of anilines is 1.